The second-order valence-electron chi connectivity index (χ2n) is 9.46. The smallest absolute Gasteiger partial charge is 0.263 e. The van der Waals surface area contributed by atoms with Gasteiger partial charge in [-0.3, -0.25) is 4.31 Å². The summed E-state index contributed by atoms with van der Waals surface area (Å²) in [6.07, 6.45) is 2.80. The van der Waals surface area contributed by atoms with Crippen LogP contribution < -0.4 is 0 Å². The molecule has 5 heteroatoms. The third kappa shape index (κ3) is 4.75. The maximum atomic E-state index is 13.2. The summed E-state index contributed by atoms with van der Waals surface area (Å²) in [6.45, 7) is 18.3. The van der Waals surface area contributed by atoms with Crippen LogP contribution in [0.25, 0.3) is 0 Å². The summed E-state index contributed by atoms with van der Waals surface area (Å²) in [4.78, 5) is 0.365. The Morgan fingerprint density at radius 1 is 1.15 bits per heavy atom. The normalized spacial score (nSPS) is 21.9. The van der Waals surface area contributed by atoms with Gasteiger partial charge in [-0.1, -0.05) is 56.8 Å². The molecule has 1 unspecified atom stereocenters. The molecule has 3 nitrogen and oxygen atoms in total. The first-order valence-corrected chi connectivity index (χ1v) is 14.9. The first-order chi connectivity index (χ1) is 12.3. The molecule has 0 aromatic heterocycles. The maximum absolute atomic E-state index is 13.2. The number of hydrogen-bond donors (Lipinski definition) is 0. The lowest BCUT2D eigenvalue weighted by molar-refractivity contribution is 0.353. The van der Waals surface area contributed by atoms with Gasteiger partial charge in [-0.15, -0.1) is 0 Å². The number of aryl methyl sites for hydroxylation is 1. The molecule has 0 bridgehead atoms. The topological polar surface area (TPSA) is 37.4 Å². The third-order valence-corrected chi connectivity index (χ3v) is 8.99. The van der Waals surface area contributed by atoms with Crippen LogP contribution in [0.4, 0.5) is 0 Å². The molecule has 1 aliphatic rings. The van der Waals surface area contributed by atoms with Gasteiger partial charge in [0, 0.05) is 26.2 Å². The van der Waals surface area contributed by atoms with E-state index in [1.165, 1.54) is 16.7 Å². The van der Waals surface area contributed by atoms with Gasteiger partial charge < -0.3 is 0 Å². The van der Waals surface area contributed by atoms with Crippen molar-refractivity contribution < 1.29 is 8.42 Å². The molecule has 0 saturated carbocycles. The van der Waals surface area contributed by atoms with Gasteiger partial charge in [0.1, 0.15) is 0 Å². The molecule has 1 atom stereocenters. The summed E-state index contributed by atoms with van der Waals surface area (Å²) in [5.41, 5.74) is 4.75. The van der Waals surface area contributed by atoms with Crippen LogP contribution in [-0.4, -0.2) is 27.3 Å². The number of nitrogens with zero attached hydrogens (tertiary/aromatic N) is 1. The van der Waals surface area contributed by atoms with Gasteiger partial charge in [0.15, 0.2) is 0 Å². The van der Waals surface area contributed by atoms with E-state index in [2.05, 4.69) is 47.3 Å². The van der Waals surface area contributed by atoms with E-state index >= 15 is 0 Å². The lowest BCUT2D eigenvalue weighted by atomic mass is 9.78. The molecule has 0 amide bonds. The summed E-state index contributed by atoms with van der Waals surface area (Å²) in [6, 6.07) is 8.27. The molecule has 0 saturated heterocycles. The van der Waals surface area contributed by atoms with Crippen molar-refractivity contribution in [1.29, 1.82) is 0 Å². The van der Waals surface area contributed by atoms with Crippen LogP contribution in [0.3, 0.4) is 0 Å². The Kier molecular flexibility index (Phi) is 6.17. The molecule has 1 aliphatic heterocycles. The van der Waals surface area contributed by atoms with E-state index in [-0.39, 0.29) is 5.41 Å². The molecule has 0 fully saturated rings. The second-order valence-corrected chi connectivity index (χ2v) is 16.8. The minimum atomic E-state index is -3.52. The number of benzene rings is 1. The standard InChI is InChI=1S/C22H35NO2SSi/c1-9-22(5)16-23(26(24,25)20-12-10-17(2)11-13-20)14-21(22)19(4)18(3)15-27(6,7)8/h10-14H,9,15-16H2,1-8H3/b19-18+. The first kappa shape index (κ1) is 22.0. The van der Waals surface area contributed by atoms with E-state index in [1.54, 1.807) is 16.4 Å². The van der Waals surface area contributed by atoms with Crippen LogP contribution in [-0.2, 0) is 10.0 Å². The van der Waals surface area contributed by atoms with E-state index in [0.29, 0.717) is 11.4 Å². The van der Waals surface area contributed by atoms with E-state index < -0.39 is 18.1 Å². The zero-order valence-electron chi connectivity index (χ0n) is 18.2. The fraction of sp³-hybridized carbons (Fsp3) is 0.545. The van der Waals surface area contributed by atoms with E-state index in [9.17, 15) is 8.42 Å². The Hall–Kier alpha value is -1.33. The molecular weight excluding hydrogens is 370 g/mol. The molecule has 150 valence electrons. The average molecular weight is 406 g/mol. The van der Waals surface area contributed by atoms with Crippen LogP contribution in [0.1, 0.15) is 39.7 Å². The maximum Gasteiger partial charge on any atom is 0.263 e. The van der Waals surface area contributed by atoms with Gasteiger partial charge >= 0.3 is 0 Å². The molecule has 0 aliphatic carbocycles. The number of rotatable bonds is 6. The lowest BCUT2D eigenvalue weighted by Gasteiger charge is -2.29. The largest absolute Gasteiger partial charge is 0.272 e. The van der Waals surface area contributed by atoms with Crippen molar-refractivity contribution in [3.63, 3.8) is 0 Å². The second kappa shape index (κ2) is 7.59. The number of hydrogen-bond acceptors (Lipinski definition) is 2. The van der Waals surface area contributed by atoms with Crippen molar-refractivity contribution in [1.82, 2.24) is 4.31 Å². The van der Waals surface area contributed by atoms with E-state index in [4.69, 9.17) is 0 Å². The summed E-state index contributed by atoms with van der Waals surface area (Å²) < 4.78 is 27.9. The SMILES string of the molecule is CCC1(C)CN(S(=O)(=O)c2ccc(C)cc2)C=C1/C(C)=C(\C)C[Si](C)(C)C. The van der Waals surface area contributed by atoms with Crippen molar-refractivity contribution >= 4 is 18.1 Å². The van der Waals surface area contributed by atoms with Crippen molar-refractivity contribution in [2.24, 2.45) is 5.41 Å². The average Bonchev–Trinajstić information content (AvgIpc) is 2.92. The minimum Gasteiger partial charge on any atom is -0.272 e. The van der Waals surface area contributed by atoms with Gasteiger partial charge in [-0.05, 0) is 56.5 Å². The molecule has 0 radical (unpaired) electrons. The van der Waals surface area contributed by atoms with Gasteiger partial charge in [-0.25, -0.2) is 8.42 Å². The Bertz CT molecular complexity index is 861. The minimum absolute atomic E-state index is 0.150. The molecule has 1 heterocycles. The number of allylic oxidation sites excluding steroid dienone is 2. The van der Waals surface area contributed by atoms with Gasteiger partial charge in [0.2, 0.25) is 0 Å². The quantitative estimate of drug-likeness (QED) is 0.546. The first-order valence-electron chi connectivity index (χ1n) is 9.78. The van der Waals surface area contributed by atoms with Gasteiger partial charge in [0.05, 0.1) is 4.90 Å². The van der Waals surface area contributed by atoms with E-state index in [1.807, 2.05) is 25.3 Å². The molecule has 1 aromatic carbocycles. The van der Waals surface area contributed by atoms with Crippen molar-refractivity contribution in [3.05, 3.63) is 52.7 Å². The van der Waals surface area contributed by atoms with Gasteiger partial charge in [0.25, 0.3) is 10.0 Å². The molecule has 1 aromatic rings. The van der Waals surface area contributed by atoms with Crippen molar-refractivity contribution in [3.8, 4) is 0 Å². The summed E-state index contributed by atoms with van der Waals surface area (Å²) >= 11 is 0. The highest BCUT2D eigenvalue weighted by Crippen LogP contribution is 2.44. The third-order valence-electron chi connectivity index (χ3n) is 5.68. The Balaban J connectivity index is 2.48. The Morgan fingerprint density at radius 2 is 1.70 bits per heavy atom. The summed E-state index contributed by atoms with van der Waals surface area (Å²) in [7, 11) is -4.74. The van der Waals surface area contributed by atoms with Crippen LogP contribution in [0.5, 0.6) is 0 Å². The summed E-state index contributed by atoms with van der Waals surface area (Å²) in [5, 5.41) is 0. The zero-order chi connectivity index (χ0) is 20.6. The fourth-order valence-corrected chi connectivity index (χ4v) is 7.09. The monoisotopic (exact) mass is 405 g/mol. The molecule has 0 spiro atoms. The number of sulfonamides is 1. The lowest BCUT2D eigenvalue weighted by Crippen LogP contribution is -2.31. The molecule has 2 rings (SSSR count). The Labute approximate surface area is 167 Å². The molecule has 27 heavy (non-hydrogen) atoms. The van der Waals surface area contributed by atoms with Crippen LogP contribution in [0.2, 0.25) is 25.7 Å². The predicted octanol–water partition coefficient (Wildman–Crippen LogP) is 5.97. The van der Waals surface area contributed by atoms with Crippen LogP contribution >= 0.6 is 0 Å². The van der Waals surface area contributed by atoms with Crippen LogP contribution in [0, 0.1) is 12.3 Å². The highest BCUT2D eigenvalue weighted by atomic mass is 32.2. The van der Waals surface area contributed by atoms with Crippen molar-refractivity contribution in [2.75, 3.05) is 6.54 Å². The fourth-order valence-electron chi connectivity index (χ4n) is 3.78. The Morgan fingerprint density at radius 3 is 2.19 bits per heavy atom. The molecular formula is C22H35NO2SSi. The zero-order valence-corrected chi connectivity index (χ0v) is 20.0. The highest BCUT2D eigenvalue weighted by Gasteiger charge is 2.40. The van der Waals surface area contributed by atoms with Gasteiger partial charge in [-0.2, -0.15) is 0 Å². The highest BCUT2D eigenvalue weighted by molar-refractivity contribution is 7.89. The van der Waals surface area contributed by atoms with E-state index in [0.717, 1.165) is 18.0 Å². The molecule has 0 N–H and O–H groups in total. The summed E-state index contributed by atoms with van der Waals surface area (Å²) in [5.74, 6) is 0. The predicted molar refractivity (Wildman–Crippen MR) is 118 cm³/mol. The van der Waals surface area contributed by atoms with Crippen molar-refractivity contribution in [2.45, 2.75) is 71.6 Å². The van der Waals surface area contributed by atoms with Crippen LogP contribution in [0.15, 0.2) is 52.1 Å².